The quantitative estimate of drug-likeness (QED) is 0.263. The SMILES string of the molecule is CN1CCCCC1Oc1ccc(C(=O)c2c(-c3ccc(Cl)cc3)sc3cc(Cl)ccc23)cc1. The zero-order valence-electron chi connectivity index (χ0n) is 18.2. The molecule has 1 saturated heterocycles. The van der Waals surface area contributed by atoms with Crippen molar-refractivity contribution in [1.29, 1.82) is 0 Å². The van der Waals surface area contributed by atoms with Gasteiger partial charge in [-0.1, -0.05) is 41.4 Å². The van der Waals surface area contributed by atoms with Gasteiger partial charge in [0, 0.05) is 42.7 Å². The lowest BCUT2D eigenvalue weighted by Gasteiger charge is -2.32. The second-order valence-corrected chi connectivity index (χ2v) is 10.3. The third kappa shape index (κ3) is 4.67. The maximum atomic E-state index is 13.7. The van der Waals surface area contributed by atoms with Crippen molar-refractivity contribution in [3.63, 3.8) is 0 Å². The van der Waals surface area contributed by atoms with E-state index in [1.54, 1.807) is 11.3 Å². The molecule has 3 aromatic carbocycles. The summed E-state index contributed by atoms with van der Waals surface area (Å²) in [6.07, 6.45) is 3.49. The van der Waals surface area contributed by atoms with Crippen LogP contribution in [0, 0.1) is 0 Å². The van der Waals surface area contributed by atoms with E-state index >= 15 is 0 Å². The summed E-state index contributed by atoms with van der Waals surface area (Å²) in [6, 6.07) is 20.7. The highest BCUT2D eigenvalue weighted by atomic mass is 35.5. The number of carbonyl (C=O) groups is 1. The lowest BCUT2D eigenvalue weighted by Crippen LogP contribution is -2.40. The van der Waals surface area contributed by atoms with E-state index in [0.717, 1.165) is 39.2 Å². The number of halogens is 2. The number of likely N-dealkylation sites (tertiary alicyclic amines) is 1. The van der Waals surface area contributed by atoms with E-state index in [1.807, 2.05) is 66.7 Å². The van der Waals surface area contributed by atoms with Gasteiger partial charge in [0.25, 0.3) is 0 Å². The fourth-order valence-corrected chi connectivity index (χ4v) is 5.89. The van der Waals surface area contributed by atoms with Gasteiger partial charge in [-0.25, -0.2) is 0 Å². The van der Waals surface area contributed by atoms with E-state index in [1.165, 1.54) is 12.8 Å². The van der Waals surface area contributed by atoms with Crippen molar-refractivity contribution < 1.29 is 9.53 Å². The van der Waals surface area contributed by atoms with Crippen LogP contribution in [0.4, 0.5) is 0 Å². The third-order valence-corrected chi connectivity index (χ3v) is 7.77. The molecule has 33 heavy (non-hydrogen) atoms. The second kappa shape index (κ2) is 9.47. The number of thiophene rings is 1. The fourth-order valence-electron chi connectivity index (χ4n) is 4.28. The molecule has 1 aliphatic rings. The van der Waals surface area contributed by atoms with Gasteiger partial charge in [-0.2, -0.15) is 0 Å². The first-order valence-electron chi connectivity index (χ1n) is 11.0. The zero-order valence-corrected chi connectivity index (χ0v) is 20.5. The molecule has 0 spiro atoms. The Bertz CT molecular complexity index is 1300. The molecule has 0 N–H and O–H groups in total. The van der Waals surface area contributed by atoms with Crippen molar-refractivity contribution in [1.82, 2.24) is 4.90 Å². The number of rotatable bonds is 5. The molecule has 6 heteroatoms. The van der Waals surface area contributed by atoms with Crippen molar-refractivity contribution in [2.45, 2.75) is 25.5 Å². The van der Waals surface area contributed by atoms with Crippen LogP contribution in [0.3, 0.4) is 0 Å². The average molecular weight is 496 g/mol. The Hall–Kier alpha value is -2.37. The summed E-state index contributed by atoms with van der Waals surface area (Å²) < 4.78 is 7.15. The van der Waals surface area contributed by atoms with Crippen LogP contribution in [-0.4, -0.2) is 30.5 Å². The number of fused-ring (bicyclic) bond motifs is 1. The third-order valence-electron chi connectivity index (χ3n) is 6.08. The molecule has 0 bridgehead atoms. The summed E-state index contributed by atoms with van der Waals surface area (Å²) in [5.41, 5.74) is 2.28. The number of nitrogens with zero attached hydrogens (tertiary/aromatic N) is 1. The molecule has 0 aliphatic carbocycles. The monoisotopic (exact) mass is 495 g/mol. The predicted molar refractivity (Wildman–Crippen MR) is 138 cm³/mol. The number of ether oxygens (including phenoxy) is 1. The summed E-state index contributed by atoms with van der Waals surface area (Å²) in [7, 11) is 2.09. The van der Waals surface area contributed by atoms with Gasteiger partial charge < -0.3 is 4.74 Å². The molecule has 5 rings (SSSR count). The Labute approximate surface area is 207 Å². The molecule has 1 fully saturated rings. The lowest BCUT2D eigenvalue weighted by molar-refractivity contribution is 0.0151. The van der Waals surface area contributed by atoms with E-state index < -0.39 is 0 Å². The summed E-state index contributed by atoms with van der Waals surface area (Å²) >= 11 is 13.9. The van der Waals surface area contributed by atoms with Crippen LogP contribution >= 0.6 is 34.5 Å². The standard InChI is InChI=1S/C27H23Cl2NO2S/c1-30-15-3-2-4-24(30)32-21-12-7-17(8-13-21)26(31)25-22-14-11-20(29)16-23(22)33-27(25)18-5-9-19(28)10-6-18/h5-14,16,24H,2-4,15H2,1H3. The van der Waals surface area contributed by atoms with Gasteiger partial charge >= 0.3 is 0 Å². The topological polar surface area (TPSA) is 29.5 Å². The minimum Gasteiger partial charge on any atom is -0.475 e. The van der Waals surface area contributed by atoms with E-state index in [2.05, 4.69) is 11.9 Å². The molecule has 1 aromatic heterocycles. The molecular formula is C27H23Cl2NO2S. The smallest absolute Gasteiger partial charge is 0.195 e. The van der Waals surface area contributed by atoms with Crippen LogP contribution < -0.4 is 4.74 Å². The minimum atomic E-state index is -0.0187. The molecule has 2 heterocycles. The van der Waals surface area contributed by atoms with Crippen LogP contribution in [0.25, 0.3) is 20.5 Å². The largest absolute Gasteiger partial charge is 0.475 e. The molecule has 1 aliphatic heterocycles. The summed E-state index contributed by atoms with van der Waals surface area (Å²) in [5.74, 6) is 0.764. The Morgan fingerprint density at radius 1 is 0.970 bits per heavy atom. The van der Waals surface area contributed by atoms with Gasteiger partial charge in [0.1, 0.15) is 5.75 Å². The van der Waals surface area contributed by atoms with Crippen molar-refractivity contribution in [3.8, 4) is 16.2 Å². The van der Waals surface area contributed by atoms with Gasteiger partial charge in [-0.05, 0) is 80.4 Å². The van der Waals surface area contributed by atoms with Crippen molar-refractivity contribution in [2.75, 3.05) is 13.6 Å². The van der Waals surface area contributed by atoms with Crippen LogP contribution in [0.15, 0.2) is 66.7 Å². The number of ketones is 1. The van der Waals surface area contributed by atoms with E-state index in [0.29, 0.717) is 21.2 Å². The fraction of sp³-hybridized carbons (Fsp3) is 0.222. The minimum absolute atomic E-state index is 0.0187. The molecule has 0 saturated carbocycles. The summed E-state index contributed by atoms with van der Waals surface area (Å²) in [5, 5.41) is 2.22. The maximum Gasteiger partial charge on any atom is 0.195 e. The number of piperidine rings is 1. The first-order chi connectivity index (χ1) is 16.0. The van der Waals surface area contributed by atoms with Crippen LogP contribution in [0.1, 0.15) is 35.2 Å². The van der Waals surface area contributed by atoms with Gasteiger partial charge in [-0.15, -0.1) is 11.3 Å². The predicted octanol–water partition coefficient (Wildman–Crippen LogP) is 7.93. The first kappa shape index (κ1) is 22.4. The van der Waals surface area contributed by atoms with Crippen molar-refractivity contribution >= 4 is 50.4 Å². The van der Waals surface area contributed by atoms with Crippen LogP contribution in [0.5, 0.6) is 5.75 Å². The Morgan fingerprint density at radius 3 is 2.42 bits per heavy atom. The van der Waals surface area contributed by atoms with E-state index in [9.17, 15) is 4.79 Å². The van der Waals surface area contributed by atoms with Gasteiger partial charge in [0.15, 0.2) is 12.0 Å². The van der Waals surface area contributed by atoms with Gasteiger partial charge in [0.05, 0.1) is 0 Å². The molecule has 4 aromatic rings. The Kier molecular flexibility index (Phi) is 6.44. The van der Waals surface area contributed by atoms with Crippen LogP contribution in [0.2, 0.25) is 10.0 Å². The molecule has 1 atom stereocenters. The normalized spacial score (nSPS) is 16.8. The maximum absolute atomic E-state index is 13.7. The van der Waals surface area contributed by atoms with Gasteiger partial charge in [-0.3, -0.25) is 9.69 Å². The Morgan fingerprint density at radius 2 is 1.70 bits per heavy atom. The molecule has 168 valence electrons. The Balaban J connectivity index is 1.50. The highest BCUT2D eigenvalue weighted by Gasteiger charge is 2.23. The highest BCUT2D eigenvalue weighted by molar-refractivity contribution is 7.22. The second-order valence-electron chi connectivity index (χ2n) is 8.36. The van der Waals surface area contributed by atoms with Crippen molar-refractivity contribution in [3.05, 3.63) is 87.9 Å². The van der Waals surface area contributed by atoms with Crippen molar-refractivity contribution in [2.24, 2.45) is 0 Å². The van der Waals surface area contributed by atoms with E-state index in [4.69, 9.17) is 27.9 Å². The zero-order chi connectivity index (χ0) is 22.9. The van der Waals surface area contributed by atoms with Crippen LogP contribution in [-0.2, 0) is 0 Å². The number of hydrogen-bond donors (Lipinski definition) is 0. The number of hydrogen-bond acceptors (Lipinski definition) is 4. The molecule has 0 amide bonds. The molecule has 1 unspecified atom stereocenters. The number of benzene rings is 3. The van der Waals surface area contributed by atoms with E-state index in [-0.39, 0.29) is 12.0 Å². The van der Waals surface area contributed by atoms with Gasteiger partial charge in [0.2, 0.25) is 0 Å². The number of carbonyl (C=O) groups excluding carboxylic acids is 1. The molecule has 3 nitrogen and oxygen atoms in total. The average Bonchev–Trinajstić information content (AvgIpc) is 3.19. The summed E-state index contributed by atoms with van der Waals surface area (Å²) in [6.45, 7) is 1.05. The molecule has 0 radical (unpaired) electrons. The summed E-state index contributed by atoms with van der Waals surface area (Å²) in [4.78, 5) is 16.9. The highest BCUT2D eigenvalue weighted by Crippen LogP contribution is 2.41. The molecular weight excluding hydrogens is 473 g/mol. The first-order valence-corrected chi connectivity index (χ1v) is 12.6. The lowest BCUT2D eigenvalue weighted by atomic mass is 9.97.